The van der Waals surface area contributed by atoms with Gasteiger partial charge in [-0.3, -0.25) is 9.89 Å². The Kier molecular flexibility index (Phi) is 6.83. The lowest BCUT2D eigenvalue weighted by atomic mass is 9.96. The van der Waals surface area contributed by atoms with Gasteiger partial charge in [0.15, 0.2) is 5.82 Å². The van der Waals surface area contributed by atoms with E-state index in [1.165, 1.54) is 5.56 Å². The van der Waals surface area contributed by atoms with Gasteiger partial charge in [-0.05, 0) is 60.7 Å². The number of carbonyl (C=O) groups excluding carboxylic acids is 1. The average molecular weight is 433 g/mol. The fourth-order valence-electron chi connectivity index (χ4n) is 3.69. The van der Waals surface area contributed by atoms with Crippen molar-refractivity contribution in [1.82, 2.24) is 15.5 Å². The summed E-state index contributed by atoms with van der Waals surface area (Å²) in [6, 6.07) is 12.2. The molecule has 2 heterocycles. The Hall–Kier alpha value is -2.08. The number of benzene rings is 2. The highest BCUT2D eigenvalue weighted by Crippen LogP contribution is 2.34. The molecule has 3 N–H and O–H groups in total. The lowest BCUT2D eigenvalue weighted by molar-refractivity contribution is -0.120. The van der Waals surface area contributed by atoms with Crippen LogP contribution in [0, 0.1) is 5.92 Å². The first kappa shape index (κ1) is 21.6. The fraction of sp³-hybridized carbons (Fsp3) is 0.364. The number of H-pyrrole nitrogens is 1. The predicted octanol–water partition coefficient (Wildman–Crippen LogP) is 5.37. The molecule has 0 spiro atoms. The van der Waals surface area contributed by atoms with E-state index in [4.69, 9.17) is 11.6 Å². The van der Waals surface area contributed by atoms with Gasteiger partial charge < -0.3 is 10.6 Å². The smallest absolute Gasteiger partial charge is 0.229 e. The lowest BCUT2D eigenvalue weighted by Crippen LogP contribution is -2.37. The third-order valence-electron chi connectivity index (χ3n) is 5.44. The van der Waals surface area contributed by atoms with Gasteiger partial charge >= 0.3 is 0 Å². The van der Waals surface area contributed by atoms with E-state index in [0.717, 1.165) is 48.0 Å². The van der Waals surface area contributed by atoms with Crippen molar-refractivity contribution < 1.29 is 4.79 Å². The van der Waals surface area contributed by atoms with Crippen LogP contribution in [0.5, 0.6) is 0 Å². The second-order valence-corrected chi connectivity index (χ2v) is 8.17. The summed E-state index contributed by atoms with van der Waals surface area (Å²) in [5, 5.41) is 15.2. The molecule has 3 aromatic rings. The molecule has 154 valence electrons. The number of carbonyl (C=O) groups is 1. The zero-order chi connectivity index (χ0) is 19.7. The molecule has 0 aliphatic carbocycles. The Morgan fingerprint density at radius 2 is 2.07 bits per heavy atom. The van der Waals surface area contributed by atoms with Crippen molar-refractivity contribution in [2.75, 3.05) is 18.4 Å². The number of halogens is 2. The molecule has 0 saturated carbocycles. The van der Waals surface area contributed by atoms with Gasteiger partial charge in [-0.2, -0.15) is 5.10 Å². The summed E-state index contributed by atoms with van der Waals surface area (Å²) < 4.78 is 0. The third-order valence-corrected chi connectivity index (χ3v) is 5.77. The van der Waals surface area contributed by atoms with Crippen molar-refractivity contribution in [3.05, 3.63) is 47.0 Å². The summed E-state index contributed by atoms with van der Waals surface area (Å²) in [6.07, 6.45) is 1.93. The van der Waals surface area contributed by atoms with Gasteiger partial charge in [0.1, 0.15) is 0 Å². The van der Waals surface area contributed by atoms with Crippen molar-refractivity contribution in [2.24, 2.45) is 5.92 Å². The van der Waals surface area contributed by atoms with Crippen molar-refractivity contribution in [3.8, 4) is 11.1 Å². The molecule has 1 aliphatic heterocycles. The van der Waals surface area contributed by atoms with Crippen LogP contribution < -0.4 is 10.6 Å². The number of rotatable bonds is 4. The van der Waals surface area contributed by atoms with Crippen LogP contribution in [0.2, 0.25) is 5.02 Å². The van der Waals surface area contributed by atoms with Crippen LogP contribution in [-0.4, -0.2) is 29.2 Å². The quantitative estimate of drug-likeness (QED) is 0.518. The number of aromatic amines is 1. The number of fused-ring (bicyclic) bond motifs is 1. The van der Waals surface area contributed by atoms with Crippen molar-refractivity contribution in [1.29, 1.82) is 0 Å². The van der Waals surface area contributed by atoms with Crippen molar-refractivity contribution >= 4 is 46.6 Å². The maximum absolute atomic E-state index is 12.6. The molecule has 2 aromatic carbocycles. The molecule has 1 aliphatic rings. The Bertz CT molecular complexity index is 1010. The third kappa shape index (κ3) is 4.58. The Balaban J connectivity index is 0.00000240. The molecule has 1 amide bonds. The van der Waals surface area contributed by atoms with E-state index in [-0.39, 0.29) is 24.2 Å². The van der Waals surface area contributed by atoms with Crippen LogP contribution in [0.25, 0.3) is 22.0 Å². The fourth-order valence-corrected chi connectivity index (χ4v) is 3.92. The molecule has 7 heteroatoms. The van der Waals surface area contributed by atoms with Crippen molar-refractivity contribution in [2.45, 2.75) is 32.6 Å². The first-order chi connectivity index (χ1) is 13.5. The molecular formula is C22H26Cl2N4O. The largest absolute Gasteiger partial charge is 0.316 e. The first-order valence-corrected chi connectivity index (χ1v) is 10.2. The van der Waals surface area contributed by atoms with E-state index >= 15 is 0 Å². The Morgan fingerprint density at radius 3 is 2.79 bits per heavy atom. The number of hydrogen-bond acceptors (Lipinski definition) is 3. The molecule has 29 heavy (non-hydrogen) atoms. The van der Waals surface area contributed by atoms with Crippen LogP contribution in [0.1, 0.15) is 38.2 Å². The molecular weight excluding hydrogens is 407 g/mol. The highest BCUT2D eigenvalue weighted by molar-refractivity contribution is 6.33. The number of aromatic nitrogens is 2. The van der Waals surface area contributed by atoms with Gasteiger partial charge in [0, 0.05) is 22.5 Å². The van der Waals surface area contributed by atoms with Crippen LogP contribution in [-0.2, 0) is 4.79 Å². The van der Waals surface area contributed by atoms with Crippen molar-refractivity contribution in [3.63, 3.8) is 0 Å². The van der Waals surface area contributed by atoms with Gasteiger partial charge in [-0.15, -0.1) is 12.4 Å². The average Bonchev–Trinajstić information content (AvgIpc) is 3.11. The van der Waals surface area contributed by atoms with Crippen LogP contribution >= 0.6 is 24.0 Å². The highest BCUT2D eigenvalue weighted by Gasteiger charge is 2.22. The Morgan fingerprint density at radius 1 is 1.24 bits per heavy atom. The van der Waals surface area contributed by atoms with Gasteiger partial charge in [-0.25, -0.2) is 0 Å². The summed E-state index contributed by atoms with van der Waals surface area (Å²) in [7, 11) is 0. The summed E-state index contributed by atoms with van der Waals surface area (Å²) in [5.74, 6) is 1.00. The van der Waals surface area contributed by atoms with E-state index in [1.54, 1.807) is 0 Å². The molecule has 1 saturated heterocycles. The van der Waals surface area contributed by atoms with Gasteiger partial charge in [0.25, 0.3) is 0 Å². The zero-order valence-electron chi connectivity index (χ0n) is 16.6. The molecule has 5 nitrogen and oxygen atoms in total. The normalized spacial score (nSPS) is 16.6. The Labute approximate surface area is 182 Å². The molecule has 0 radical (unpaired) electrons. The van der Waals surface area contributed by atoms with E-state index in [9.17, 15) is 4.79 Å². The second-order valence-electron chi connectivity index (χ2n) is 7.76. The molecule has 1 atom stereocenters. The van der Waals surface area contributed by atoms with E-state index in [0.29, 0.717) is 16.8 Å². The van der Waals surface area contributed by atoms with Crippen LogP contribution in [0.15, 0.2) is 36.4 Å². The summed E-state index contributed by atoms with van der Waals surface area (Å²) in [5.41, 5.74) is 4.13. The monoisotopic (exact) mass is 432 g/mol. The minimum Gasteiger partial charge on any atom is -0.316 e. The van der Waals surface area contributed by atoms with E-state index in [2.05, 4.69) is 46.8 Å². The maximum atomic E-state index is 12.6. The van der Waals surface area contributed by atoms with E-state index in [1.807, 2.05) is 24.3 Å². The lowest BCUT2D eigenvalue weighted by Gasteiger charge is -2.21. The van der Waals surface area contributed by atoms with Crippen LogP contribution in [0.3, 0.4) is 0 Å². The summed E-state index contributed by atoms with van der Waals surface area (Å²) in [4.78, 5) is 12.6. The first-order valence-electron chi connectivity index (χ1n) is 9.82. The van der Waals surface area contributed by atoms with E-state index < -0.39 is 0 Å². The molecule has 0 bridgehead atoms. The summed E-state index contributed by atoms with van der Waals surface area (Å²) >= 11 is 6.49. The second kappa shape index (κ2) is 9.16. The minimum absolute atomic E-state index is 0. The van der Waals surface area contributed by atoms with Gasteiger partial charge in [0.2, 0.25) is 5.91 Å². The number of anilines is 1. The SMILES string of the molecule is CC(C)c1ccc(Cl)c(-c2ccc3[nH]nc(NC(=O)[C@@H]4CCCNC4)c3c2)c1.Cl. The number of hydrogen-bond donors (Lipinski definition) is 3. The number of nitrogens with one attached hydrogen (secondary N) is 3. The minimum atomic E-state index is -0.0131. The molecule has 0 unspecified atom stereocenters. The van der Waals surface area contributed by atoms with Gasteiger partial charge in [0.05, 0.1) is 11.4 Å². The highest BCUT2D eigenvalue weighted by atomic mass is 35.5. The van der Waals surface area contributed by atoms with Gasteiger partial charge in [-0.1, -0.05) is 37.6 Å². The summed E-state index contributed by atoms with van der Waals surface area (Å²) in [6.45, 7) is 6.03. The predicted molar refractivity (Wildman–Crippen MR) is 122 cm³/mol. The zero-order valence-corrected chi connectivity index (χ0v) is 18.2. The standard InChI is InChI=1S/C22H25ClN4O.ClH/c1-13(2)14-5-7-19(23)17(10-14)15-6-8-20-18(11-15)21(27-26-20)25-22(28)16-4-3-9-24-12-16;/h5-8,10-11,13,16,24H,3-4,9,12H2,1-2H3,(H2,25,26,27,28);1H/t16-;/m1./s1. The molecule has 4 rings (SSSR count). The maximum Gasteiger partial charge on any atom is 0.229 e. The molecule has 1 fully saturated rings. The van der Waals surface area contributed by atoms with Crippen LogP contribution in [0.4, 0.5) is 5.82 Å². The topological polar surface area (TPSA) is 69.8 Å². The number of nitrogens with zero attached hydrogens (tertiary/aromatic N) is 1. The molecule has 1 aromatic heterocycles. The number of piperidine rings is 1. The number of amides is 1.